The molecule has 3 heteroatoms. The molecule has 2 rings (SSSR count). The Morgan fingerprint density at radius 1 is 1.22 bits per heavy atom. The third-order valence-corrected chi connectivity index (χ3v) is 3.60. The van der Waals surface area contributed by atoms with Gasteiger partial charge in [0, 0.05) is 13.1 Å². The van der Waals surface area contributed by atoms with Crippen LogP contribution in [-0.2, 0) is 11.3 Å². The maximum absolute atomic E-state index is 12.0. The fraction of sp³-hybridized carbons (Fsp3) is 0.533. The van der Waals surface area contributed by atoms with Crippen molar-refractivity contribution in [3.63, 3.8) is 0 Å². The number of nitrogens with one attached hydrogen (secondary N) is 1. The van der Waals surface area contributed by atoms with Crippen LogP contribution in [0.15, 0.2) is 12.1 Å². The minimum Gasteiger partial charge on any atom is -0.337 e. The number of hydrogen-bond donors (Lipinski definition) is 1. The van der Waals surface area contributed by atoms with Crippen molar-refractivity contribution in [3.05, 3.63) is 34.4 Å². The van der Waals surface area contributed by atoms with Gasteiger partial charge in [0.2, 0.25) is 5.91 Å². The highest BCUT2D eigenvalue weighted by Crippen LogP contribution is 2.19. The van der Waals surface area contributed by atoms with Crippen molar-refractivity contribution in [2.75, 3.05) is 19.6 Å². The number of carbonyl (C=O) groups is 1. The number of rotatable bonds is 2. The number of nitrogens with zero attached hydrogens (tertiary/aromatic N) is 1. The summed E-state index contributed by atoms with van der Waals surface area (Å²) in [5, 5.41) is 3.16. The van der Waals surface area contributed by atoms with Crippen molar-refractivity contribution >= 4 is 5.91 Å². The van der Waals surface area contributed by atoms with Crippen molar-refractivity contribution in [1.82, 2.24) is 10.2 Å². The van der Waals surface area contributed by atoms with Crippen molar-refractivity contribution in [2.24, 2.45) is 0 Å². The van der Waals surface area contributed by atoms with E-state index in [0.717, 1.165) is 26.1 Å². The lowest BCUT2D eigenvalue weighted by atomic mass is 9.99. The molecule has 1 aromatic carbocycles. The quantitative estimate of drug-likeness (QED) is 0.865. The fourth-order valence-corrected chi connectivity index (χ4v) is 2.64. The van der Waals surface area contributed by atoms with Gasteiger partial charge in [-0.3, -0.25) is 4.79 Å². The molecule has 0 bridgehead atoms. The summed E-state index contributed by atoms with van der Waals surface area (Å²) in [4.78, 5) is 13.9. The topological polar surface area (TPSA) is 32.3 Å². The third-order valence-electron chi connectivity index (χ3n) is 3.60. The van der Waals surface area contributed by atoms with E-state index in [1.54, 1.807) is 0 Å². The Labute approximate surface area is 109 Å². The van der Waals surface area contributed by atoms with Crippen molar-refractivity contribution in [2.45, 2.75) is 33.7 Å². The van der Waals surface area contributed by atoms with Crippen LogP contribution < -0.4 is 5.32 Å². The molecule has 0 aliphatic carbocycles. The molecule has 0 unspecified atom stereocenters. The summed E-state index contributed by atoms with van der Waals surface area (Å²) in [5.74, 6) is 0.215. The molecule has 0 atom stereocenters. The first-order valence-corrected chi connectivity index (χ1v) is 6.63. The number of amides is 1. The van der Waals surface area contributed by atoms with Gasteiger partial charge in [-0.15, -0.1) is 0 Å². The van der Waals surface area contributed by atoms with Crippen LogP contribution in [0.25, 0.3) is 0 Å². The highest BCUT2D eigenvalue weighted by Gasteiger charge is 2.17. The van der Waals surface area contributed by atoms with Gasteiger partial charge in [0.05, 0.1) is 6.54 Å². The van der Waals surface area contributed by atoms with Crippen LogP contribution >= 0.6 is 0 Å². The van der Waals surface area contributed by atoms with Crippen LogP contribution in [0.1, 0.15) is 28.7 Å². The van der Waals surface area contributed by atoms with Crippen LogP contribution in [0.2, 0.25) is 0 Å². The summed E-state index contributed by atoms with van der Waals surface area (Å²) in [7, 11) is 0. The molecule has 3 nitrogen and oxygen atoms in total. The van der Waals surface area contributed by atoms with E-state index >= 15 is 0 Å². The second-order valence-corrected chi connectivity index (χ2v) is 5.22. The number of aryl methyl sites for hydroxylation is 3. The molecule has 1 heterocycles. The third kappa shape index (κ3) is 2.91. The lowest BCUT2D eigenvalue weighted by Crippen LogP contribution is -2.34. The predicted molar refractivity (Wildman–Crippen MR) is 73.6 cm³/mol. The predicted octanol–water partition coefficient (Wildman–Crippen LogP) is 1.93. The molecule has 1 fully saturated rings. The molecule has 0 aromatic heterocycles. The Morgan fingerprint density at radius 2 is 1.89 bits per heavy atom. The molecule has 18 heavy (non-hydrogen) atoms. The van der Waals surface area contributed by atoms with Gasteiger partial charge in [-0.05, 0) is 50.4 Å². The zero-order valence-corrected chi connectivity index (χ0v) is 11.5. The number of benzene rings is 1. The minimum absolute atomic E-state index is 0.215. The standard InChI is InChI=1S/C15H22N2O/c1-11-7-12(2)14(13(3)8-11)10-17-6-4-5-16-9-15(17)18/h7-8,16H,4-6,9-10H2,1-3H3. The summed E-state index contributed by atoms with van der Waals surface area (Å²) in [6, 6.07) is 4.39. The summed E-state index contributed by atoms with van der Waals surface area (Å²) in [6.45, 7) is 9.41. The van der Waals surface area contributed by atoms with Gasteiger partial charge in [-0.1, -0.05) is 17.7 Å². The molecule has 1 aliphatic heterocycles. The lowest BCUT2D eigenvalue weighted by molar-refractivity contribution is -0.130. The van der Waals surface area contributed by atoms with Crippen LogP contribution in [-0.4, -0.2) is 30.4 Å². The van der Waals surface area contributed by atoms with Crippen molar-refractivity contribution in [3.8, 4) is 0 Å². The van der Waals surface area contributed by atoms with E-state index in [1.165, 1.54) is 22.3 Å². The molecular weight excluding hydrogens is 224 g/mol. The molecule has 0 spiro atoms. The summed E-state index contributed by atoms with van der Waals surface area (Å²) >= 11 is 0. The molecule has 0 radical (unpaired) electrons. The molecule has 1 amide bonds. The van der Waals surface area contributed by atoms with Crippen LogP contribution in [0.4, 0.5) is 0 Å². The lowest BCUT2D eigenvalue weighted by Gasteiger charge is -2.23. The maximum Gasteiger partial charge on any atom is 0.236 e. The fourth-order valence-electron chi connectivity index (χ4n) is 2.64. The van der Waals surface area contributed by atoms with Crippen LogP contribution in [0.3, 0.4) is 0 Å². The first-order chi connectivity index (χ1) is 8.58. The zero-order valence-electron chi connectivity index (χ0n) is 11.5. The second-order valence-electron chi connectivity index (χ2n) is 5.22. The average molecular weight is 246 g/mol. The molecule has 98 valence electrons. The number of carbonyl (C=O) groups excluding carboxylic acids is 1. The summed E-state index contributed by atoms with van der Waals surface area (Å²) in [5.41, 5.74) is 5.17. The average Bonchev–Trinajstić information content (AvgIpc) is 2.49. The molecule has 1 N–H and O–H groups in total. The van der Waals surface area contributed by atoms with E-state index in [1.807, 2.05) is 4.90 Å². The van der Waals surface area contributed by atoms with Gasteiger partial charge in [-0.2, -0.15) is 0 Å². The minimum atomic E-state index is 0.215. The van der Waals surface area contributed by atoms with E-state index < -0.39 is 0 Å². The largest absolute Gasteiger partial charge is 0.337 e. The van der Waals surface area contributed by atoms with Crippen molar-refractivity contribution in [1.29, 1.82) is 0 Å². The van der Waals surface area contributed by atoms with Crippen molar-refractivity contribution < 1.29 is 4.79 Å². The Morgan fingerprint density at radius 3 is 2.56 bits per heavy atom. The van der Waals surface area contributed by atoms with E-state index in [0.29, 0.717) is 6.54 Å². The molecule has 1 aliphatic rings. The Hall–Kier alpha value is -1.35. The van der Waals surface area contributed by atoms with Gasteiger partial charge in [0.1, 0.15) is 0 Å². The molecule has 1 saturated heterocycles. The molecular formula is C15H22N2O. The first kappa shape index (κ1) is 13.1. The van der Waals surface area contributed by atoms with Gasteiger partial charge in [0.25, 0.3) is 0 Å². The van der Waals surface area contributed by atoms with E-state index in [-0.39, 0.29) is 5.91 Å². The summed E-state index contributed by atoms with van der Waals surface area (Å²) in [6.07, 6.45) is 1.04. The summed E-state index contributed by atoms with van der Waals surface area (Å²) < 4.78 is 0. The van der Waals surface area contributed by atoms with Gasteiger partial charge in [0.15, 0.2) is 0 Å². The highest BCUT2D eigenvalue weighted by molar-refractivity contribution is 5.78. The van der Waals surface area contributed by atoms with E-state index in [9.17, 15) is 4.79 Å². The zero-order chi connectivity index (χ0) is 13.1. The molecule has 0 saturated carbocycles. The first-order valence-electron chi connectivity index (χ1n) is 6.63. The van der Waals surface area contributed by atoms with Gasteiger partial charge in [-0.25, -0.2) is 0 Å². The Balaban J connectivity index is 2.20. The van der Waals surface area contributed by atoms with Crippen LogP contribution in [0, 0.1) is 20.8 Å². The Kier molecular flexibility index (Phi) is 4.02. The van der Waals surface area contributed by atoms with Gasteiger partial charge < -0.3 is 10.2 Å². The van der Waals surface area contributed by atoms with Gasteiger partial charge >= 0.3 is 0 Å². The smallest absolute Gasteiger partial charge is 0.236 e. The highest BCUT2D eigenvalue weighted by atomic mass is 16.2. The molecule has 1 aromatic rings. The van der Waals surface area contributed by atoms with Crippen LogP contribution in [0.5, 0.6) is 0 Å². The van der Waals surface area contributed by atoms with E-state index in [4.69, 9.17) is 0 Å². The SMILES string of the molecule is Cc1cc(C)c(CN2CCCNCC2=O)c(C)c1. The van der Waals surface area contributed by atoms with E-state index in [2.05, 4.69) is 38.2 Å². The number of hydrogen-bond acceptors (Lipinski definition) is 2. The Bertz CT molecular complexity index is 431. The maximum atomic E-state index is 12.0. The second kappa shape index (κ2) is 5.53. The normalized spacial score (nSPS) is 16.8. The monoisotopic (exact) mass is 246 g/mol.